The van der Waals surface area contributed by atoms with Crippen molar-refractivity contribution < 1.29 is 19.8 Å². The lowest BCUT2D eigenvalue weighted by Crippen LogP contribution is -2.40. The molecule has 0 amide bonds. The summed E-state index contributed by atoms with van der Waals surface area (Å²) in [5, 5.41) is 20.1. The minimum Gasteiger partial charge on any atom is -0.480 e. The molecule has 1 saturated heterocycles. The van der Waals surface area contributed by atoms with Gasteiger partial charge in [-0.15, -0.1) is 0 Å². The second-order valence-electron chi connectivity index (χ2n) is 8.03. The van der Waals surface area contributed by atoms with Gasteiger partial charge in [0.15, 0.2) is 0 Å². The number of fused-ring (bicyclic) bond motifs is 1. The number of aromatic nitrogens is 1. The molecule has 0 aliphatic carbocycles. The van der Waals surface area contributed by atoms with Gasteiger partial charge in [-0.1, -0.05) is 48.5 Å². The average Bonchev–Trinajstić information content (AvgIpc) is 3.08. The van der Waals surface area contributed by atoms with Crippen LogP contribution in [0.2, 0.25) is 0 Å². The first-order valence-corrected chi connectivity index (χ1v) is 10.3. The van der Waals surface area contributed by atoms with Crippen LogP contribution in [0.25, 0.3) is 10.9 Å². The molecule has 6 nitrogen and oxygen atoms in total. The number of hydrogen-bond acceptors (Lipinski definition) is 3. The van der Waals surface area contributed by atoms with Crippen LogP contribution < -0.4 is 0 Å². The maximum absolute atomic E-state index is 12.3. The summed E-state index contributed by atoms with van der Waals surface area (Å²) >= 11 is 0. The van der Waals surface area contributed by atoms with Gasteiger partial charge in [0.25, 0.3) is 0 Å². The molecule has 2 N–H and O–H groups in total. The second kappa shape index (κ2) is 8.71. The molecule has 156 valence electrons. The van der Waals surface area contributed by atoms with Crippen molar-refractivity contribution in [1.29, 1.82) is 0 Å². The number of aliphatic carboxylic acids is 2. The molecule has 0 spiro atoms. The number of piperidine rings is 1. The summed E-state index contributed by atoms with van der Waals surface area (Å²) in [7, 11) is 0. The van der Waals surface area contributed by atoms with Crippen molar-refractivity contribution in [2.45, 2.75) is 31.8 Å². The van der Waals surface area contributed by atoms with E-state index in [1.807, 2.05) is 35.2 Å². The molecule has 0 unspecified atom stereocenters. The Morgan fingerprint density at radius 3 is 2.30 bits per heavy atom. The number of hydrogen-bond donors (Lipinski definition) is 2. The fourth-order valence-electron chi connectivity index (χ4n) is 4.62. The predicted molar refractivity (Wildman–Crippen MR) is 114 cm³/mol. The Labute approximate surface area is 175 Å². The number of benzene rings is 2. The normalized spacial score (nSPS) is 16.5. The topological polar surface area (TPSA) is 82.8 Å². The van der Waals surface area contributed by atoms with Crippen molar-refractivity contribution in [3.05, 3.63) is 71.9 Å². The van der Waals surface area contributed by atoms with Crippen LogP contribution in [0.1, 0.15) is 30.0 Å². The first kappa shape index (κ1) is 20.2. The Hall–Kier alpha value is -3.12. The highest BCUT2D eigenvalue weighted by Crippen LogP contribution is 2.34. The number of rotatable bonds is 7. The van der Waals surface area contributed by atoms with E-state index in [-0.39, 0.29) is 6.54 Å². The van der Waals surface area contributed by atoms with Crippen LogP contribution >= 0.6 is 0 Å². The summed E-state index contributed by atoms with van der Waals surface area (Å²) in [6.07, 6.45) is 4.62. The predicted octanol–water partition coefficient (Wildman–Crippen LogP) is 3.81. The van der Waals surface area contributed by atoms with E-state index < -0.39 is 18.0 Å². The van der Waals surface area contributed by atoms with E-state index in [1.165, 1.54) is 5.56 Å². The van der Waals surface area contributed by atoms with Gasteiger partial charge in [0.1, 0.15) is 12.6 Å². The third kappa shape index (κ3) is 4.24. The fraction of sp³-hybridized carbons (Fsp3) is 0.333. The largest absolute Gasteiger partial charge is 0.480 e. The molecule has 6 heteroatoms. The van der Waals surface area contributed by atoms with Crippen molar-refractivity contribution in [2.24, 2.45) is 5.92 Å². The monoisotopic (exact) mass is 406 g/mol. The van der Waals surface area contributed by atoms with Crippen LogP contribution in [0.4, 0.5) is 0 Å². The molecule has 2 heterocycles. The van der Waals surface area contributed by atoms with Gasteiger partial charge in [0.2, 0.25) is 0 Å². The molecule has 0 radical (unpaired) electrons. The molecule has 1 atom stereocenters. The number of nitrogens with zero attached hydrogens (tertiary/aromatic N) is 2. The Balaban J connectivity index is 1.55. The number of carboxylic acids is 2. The van der Waals surface area contributed by atoms with E-state index >= 15 is 0 Å². The quantitative estimate of drug-likeness (QED) is 0.624. The Kier molecular flexibility index (Phi) is 5.86. The highest BCUT2D eigenvalue weighted by atomic mass is 16.4. The van der Waals surface area contributed by atoms with Crippen LogP contribution in [0, 0.1) is 5.92 Å². The van der Waals surface area contributed by atoms with Crippen molar-refractivity contribution in [1.82, 2.24) is 9.47 Å². The lowest BCUT2D eigenvalue weighted by molar-refractivity contribution is -0.144. The highest BCUT2D eigenvalue weighted by Gasteiger charge is 2.33. The highest BCUT2D eigenvalue weighted by molar-refractivity contribution is 5.90. The molecule has 0 saturated carbocycles. The van der Waals surface area contributed by atoms with Crippen molar-refractivity contribution in [3.63, 3.8) is 0 Å². The summed E-state index contributed by atoms with van der Waals surface area (Å²) < 4.78 is 1.63. The fourth-order valence-corrected chi connectivity index (χ4v) is 4.62. The van der Waals surface area contributed by atoms with Crippen LogP contribution in [-0.2, 0) is 22.6 Å². The van der Waals surface area contributed by atoms with Crippen molar-refractivity contribution in [3.8, 4) is 0 Å². The van der Waals surface area contributed by atoms with E-state index in [9.17, 15) is 19.8 Å². The lowest BCUT2D eigenvalue weighted by Gasteiger charge is -2.35. The Morgan fingerprint density at radius 1 is 0.967 bits per heavy atom. The SMILES string of the molecule is O=C(O)Cn1cc([C@H](C(=O)O)N2CCC(Cc3ccccc3)CC2)c2ccccc21. The van der Waals surface area contributed by atoms with E-state index in [0.717, 1.165) is 30.2 Å². The van der Waals surface area contributed by atoms with Crippen molar-refractivity contribution >= 4 is 22.8 Å². The standard InChI is InChI=1S/C24H26N2O4/c27-22(28)16-26-15-20(19-8-4-5-9-21(19)26)23(24(29)30)25-12-10-18(11-13-25)14-17-6-2-1-3-7-17/h1-9,15,18,23H,10-14,16H2,(H,27,28)(H,29,30)/t23-/m1/s1. The maximum atomic E-state index is 12.3. The number of carboxylic acid groups (broad SMARTS) is 2. The lowest BCUT2D eigenvalue weighted by atomic mass is 9.89. The van der Waals surface area contributed by atoms with Gasteiger partial charge in [-0.05, 0) is 49.9 Å². The molecule has 4 rings (SSSR count). The first-order valence-electron chi connectivity index (χ1n) is 10.3. The van der Waals surface area contributed by atoms with Crippen LogP contribution in [0.15, 0.2) is 60.8 Å². The minimum atomic E-state index is -0.948. The summed E-state index contributed by atoms with van der Waals surface area (Å²) in [5.41, 5.74) is 2.74. The Morgan fingerprint density at radius 2 is 1.63 bits per heavy atom. The zero-order chi connectivity index (χ0) is 21.1. The van der Waals surface area contributed by atoms with Gasteiger partial charge in [-0.25, -0.2) is 0 Å². The van der Waals surface area contributed by atoms with E-state index in [2.05, 4.69) is 24.3 Å². The molecule has 1 fully saturated rings. The third-order valence-corrected chi connectivity index (χ3v) is 6.03. The third-order valence-electron chi connectivity index (χ3n) is 6.03. The van der Waals surface area contributed by atoms with Gasteiger partial charge < -0.3 is 14.8 Å². The zero-order valence-electron chi connectivity index (χ0n) is 16.8. The summed E-state index contributed by atoms with van der Waals surface area (Å²) in [6.45, 7) is 1.24. The molecule has 0 bridgehead atoms. The smallest absolute Gasteiger partial charge is 0.325 e. The second-order valence-corrected chi connectivity index (χ2v) is 8.03. The van der Waals surface area contributed by atoms with E-state index in [0.29, 0.717) is 24.6 Å². The summed E-state index contributed by atoms with van der Waals surface area (Å²) in [6, 6.07) is 17.1. The summed E-state index contributed by atoms with van der Waals surface area (Å²) in [4.78, 5) is 25.6. The van der Waals surface area contributed by atoms with Gasteiger partial charge in [0, 0.05) is 22.7 Å². The Bertz CT molecular complexity index is 1040. The minimum absolute atomic E-state index is 0.188. The average molecular weight is 406 g/mol. The number of para-hydroxylation sites is 1. The molecule has 1 aliphatic rings. The summed E-state index contributed by atoms with van der Waals surface area (Å²) in [5.74, 6) is -1.29. The molecule has 3 aromatic rings. The maximum Gasteiger partial charge on any atom is 0.325 e. The van der Waals surface area contributed by atoms with Crippen molar-refractivity contribution in [2.75, 3.05) is 13.1 Å². The first-order chi connectivity index (χ1) is 14.5. The van der Waals surface area contributed by atoms with Gasteiger partial charge >= 0.3 is 11.9 Å². The molecule has 1 aliphatic heterocycles. The zero-order valence-corrected chi connectivity index (χ0v) is 16.8. The van der Waals surface area contributed by atoms with Crippen LogP contribution in [-0.4, -0.2) is 44.7 Å². The molecule has 30 heavy (non-hydrogen) atoms. The van der Waals surface area contributed by atoms with Crippen LogP contribution in [0.5, 0.6) is 0 Å². The molecule has 2 aromatic carbocycles. The van der Waals surface area contributed by atoms with E-state index in [4.69, 9.17) is 0 Å². The number of likely N-dealkylation sites (tertiary alicyclic amines) is 1. The van der Waals surface area contributed by atoms with Gasteiger partial charge in [0.05, 0.1) is 0 Å². The van der Waals surface area contributed by atoms with Gasteiger partial charge in [-0.3, -0.25) is 14.5 Å². The van der Waals surface area contributed by atoms with Gasteiger partial charge in [-0.2, -0.15) is 0 Å². The van der Waals surface area contributed by atoms with E-state index in [1.54, 1.807) is 10.8 Å². The molecule has 1 aromatic heterocycles. The van der Waals surface area contributed by atoms with Crippen LogP contribution in [0.3, 0.4) is 0 Å². The number of carbonyl (C=O) groups is 2. The molecular weight excluding hydrogens is 380 g/mol. The molecular formula is C24H26N2O4.